The van der Waals surface area contributed by atoms with E-state index in [4.69, 9.17) is 5.73 Å². The van der Waals surface area contributed by atoms with Crippen LogP contribution in [0, 0.1) is 6.92 Å². The minimum atomic E-state index is 0.624. The second kappa shape index (κ2) is 7.21. The number of unbranched alkanes of at least 4 members (excludes halogenated alkanes) is 1. The maximum Gasteiger partial charge on any atom is 0.126 e. The Morgan fingerprint density at radius 3 is 2.72 bits per heavy atom. The third-order valence-electron chi connectivity index (χ3n) is 3.28. The molecule has 0 fully saturated rings. The molecule has 1 rings (SSSR count). The van der Waals surface area contributed by atoms with E-state index < -0.39 is 0 Å². The van der Waals surface area contributed by atoms with Crippen LogP contribution < -0.4 is 11.1 Å². The first kappa shape index (κ1) is 14.8. The maximum atomic E-state index is 5.73. The zero-order valence-electron chi connectivity index (χ0n) is 12.0. The Bertz CT molecular complexity index is 363. The quantitative estimate of drug-likeness (QED) is 0.730. The molecule has 4 heteroatoms. The van der Waals surface area contributed by atoms with Crippen LogP contribution in [-0.4, -0.2) is 36.1 Å². The molecule has 1 heterocycles. The van der Waals surface area contributed by atoms with Gasteiger partial charge in [-0.15, -0.1) is 0 Å². The van der Waals surface area contributed by atoms with Gasteiger partial charge in [0.25, 0.3) is 0 Å². The molecule has 1 aromatic heterocycles. The highest BCUT2D eigenvalue weighted by Gasteiger charge is 2.02. The van der Waals surface area contributed by atoms with E-state index in [1.807, 2.05) is 13.0 Å². The Morgan fingerprint density at radius 1 is 1.39 bits per heavy atom. The molecule has 0 radical (unpaired) electrons. The van der Waals surface area contributed by atoms with E-state index in [0.717, 1.165) is 36.6 Å². The van der Waals surface area contributed by atoms with Gasteiger partial charge in [0.1, 0.15) is 5.82 Å². The zero-order chi connectivity index (χ0) is 13.5. The monoisotopic (exact) mass is 250 g/mol. The highest BCUT2D eigenvalue weighted by Crippen LogP contribution is 2.13. The average Bonchev–Trinajstić information content (AvgIpc) is 2.32. The fraction of sp³-hybridized carbons (Fsp3) is 0.643. The van der Waals surface area contributed by atoms with Gasteiger partial charge in [0.15, 0.2) is 0 Å². The van der Waals surface area contributed by atoms with Gasteiger partial charge in [-0.3, -0.25) is 0 Å². The summed E-state index contributed by atoms with van der Waals surface area (Å²) in [5.74, 6) is 0.916. The predicted molar refractivity (Wildman–Crippen MR) is 78.9 cm³/mol. The summed E-state index contributed by atoms with van der Waals surface area (Å²) in [6, 6.07) is 2.62. The maximum absolute atomic E-state index is 5.73. The summed E-state index contributed by atoms with van der Waals surface area (Å²) in [5.41, 5.74) is 7.56. The van der Waals surface area contributed by atoms with Crippen LogP contribution in [0.15, 0.2) is 12.3 Å². The standard InChI is InChI=1S/C14H26N4/c1-11(2)18(4)8-6-5-7-16-14-9-12(3)13(15)10-17-14/h9-11H,5-8,15H2,1-4H3,(H,16,17). The summed E-state index contributed by atoms with van der Waals surface area (Å²) in [7, 11) is 2.17. The van der Waals surface area contributed by atoms with E-state index in [9.17, 15) is 0 Å². The van der Waals surface area contributed by atoms with Crippen LogP contribution in [0.2, 0.25) is 0 Å². The Morgan fingerprint density at radius 2 is 2.11 bits per heavy atom. The summed E-state index contributed by atoms with van der Waals surface area (Å²) < 4.78 is 0. The largest absolute Gasteiger partial charge is 0.397 e. The van der Waals surface area contributed by atoms with Gasteiger partial charge in [-0.25, -0.2) is 4.98 Å². The summed E-state index contributed by atoms with van der Waals surface area (Å²) in [4.78, 5) is 6.62. The molecule has 0 aromatic carbocycles. The molecular formula is C14H26N4. The van der Waals surface area contributed by atoms with Crippen molar-refractivity contribution in [2.75, 3.05) is 31.2 Å². The summed E-state index contributed by atoms with van der Waals surface area (Å²) in [6.45, 7) is 8.55. The summed E-state index contributed by atoms with van der Waals surface area (Å²) in [5, 5.41) is 3.33. The number of hydrogen-bond donors (Lipinski definition) is 2. The lowest BCUT2D eigenvalue weighted by atomic mass is 10.2. The van der Waals surface area contributed by atoms with Crippen molar-refractivity contribution in [2.45, 2.75) is 39.7 Å². The molecule has 4 nitrogen and oxygen atoms in total. The van der Waals surface area contributed by atoms with Crippen molar-refractivity contribution in [3.8, 4) is 0 Å². The van der Waals surface area contributed by atoms with Gasteiger partial charge >= 0.3 is 0 Å². The Balaban J connectivity index is 2.20. The molecule has 0 saturated heterocycles. The molecule has 0 aliphatic carbocycles. The Labute approximate surface area is 111 Å². The van der Waals surface area contributed by atoms with Gasteiger partial charge in [0.2, 0.25) is 0 Å². The van der Waals surface area contributed by atoms with Gasteiger partial charge in [-0.05, 0) is 58.8 Å². The number of nitrogens with zero attached hydrogens (tertiary/aromatic N) is 2. The summed E-state index contributed by atoms with van der Waals surface area (Å²) >= 11 is 0. The van der Waals surface area contributed by atoms with Crippen LogP contribution in [0.25, 0.3) is 0 Å². The topological polar surface area (TPSA) is 54.2 Å². The third kappa shape index (κ3) is 4.92. The molecule has 1 aromatic rings. The number of hydrogen-bond acceptors (Lipinski definition) is 4. The first-order chi connectivity index (χ1) is 8.50. The molecule has 102 valence electrons. The molecule has 18 heavy (non-hydrogen) atoms. The Hall–Kier alpha value is -1.29. The Kier molecular flexibility index (Phi) is 5.92. The van der Waals surface area contributed by atoms with Crippen molar-refractivity contribution in [1.82, 2.24) is 9.88 Å². The molecule has 0 unspecified atom stereocenters. The smallest absolute Gasteiger partial charge is 0.126 e. The van der Waals surface area contributed by atoms with Crippen LogP contribution in [0.4, 0.5) is 11.5 Å². The number of aromatic nitrogens is 1. The van der Waals surface area contributed by atoms with Crippen molar-refractivity contribution in [2.24, 2.45) is 0 Å². The van der Waals surface area contributed by atoms with E-state index in [1.54, 1.807) is 6.20 Å². The molecule has 0 aliphatic rings. The van der Waals surface area contributed by atoms with Crippen LogP contribution in [0.5, 0.6) is 0 Å². The van der Waals surface area contributed by atoms with Crippen LogP contribution >= 0.6 is 0 Å². The zero-order valence-corrected chi connectivity index (χ0v) is 12.0. The number of rotatable bonds is 7. The number of aryl methyl sites for hydroxylation is 1. The van der Waals surface area contributed by atoms with Gasteiger partial charge in [-0.1, -0.05) is 0 Å². The molecule has 3 N–H and O–H groups in total. The average molecular weight is 250 g/mol. The highest BCUT2D eigenvalue weighted by molar-refractivity contribution is 5.50. The normalized spacial score (nSPS) is 11.2. The van der Waals surface area contributed by atoms with Gasteiger partial charge in [0, 0.05) is 12.6 Å². The van der Waals surface area contributed by atoms with Gasteiger partial charge in [0.05, 0.1) is 11.9 Å². The number of nitrogens with two attached hydrogens (primary N) is 1. The van der Waals surface area contributed by atoms with E-state index >= 15 is 0 Å². The molecular weight excluding hydrogens is 224 g/mol. The number of pyridine rings is 1. The number of nitrogens with one attached hydrogen (secondary N) is 1. The van der Waals surface area contributed by atoms with Crippen LogP contribution in [0.1, 0.15) is 32.3 Å². The fourth-order valence-corrected chi connectivity index (χ4v) is 1.62. The van der Waals surface area contributed by atoms with Crippen molar-refractivity contribution >= 4 is 11.5 Å². The van der Waals surface area contributed by atoms with E-state index in [-0.39, 0.29) is 0 Å². The number of nitrogen functional groups attached to an aromatic ring is 1. The summed E-state index contributed by atoms with van der Waals surface area (Å²) in [6.07, 6.45) is 4.07. The number of anilines is 2. The van der Waals surface area contributed by atoms with E-state index in [0.29, 0.717) is 6.04 Å². The van der Waals surface area contributed by atoms with Crippen LogP contribution in [0.3, 0.4) is 0 Å². The van der Waals surface area contributed by atoms with Crippen molar-refractivity contribution in [1.29, 1.82) is 0 Å². The molecule has 0 amide bonds. The second-order valence-electron chi connectivity index (χ2n) is 5.13. The van der Waals surface area contributed by atoms with E-state index in [2.05, 4.69) is 36.1 Å². The van der Waals surface area contributed by atoms with Gasteiger partial charge < -0.3 is 16.0 Å². The van der Waals surface area contributed by atoms with Crippen molar-refractivity contribution in [3.05, 3.63) is 17.8 Å². The minimum absolute atomic E-state index is 0.624. The third-order valence-corrected chi connectivity index (χ3v) is 3.28. The van der Waals surface area contributed by atoms with Crippen molar-refractivity contribution in [3.63, 3.8) is 0 Å². The van der Waals surface area contributed by atoms with E-state index in [1.165, 1.54) is 6.42 Å². The first-order valence-corrected chi connectivity index (χ1v) is 6.67. The predicted octanol–water partition coefficient (Wildman–Crippen LogP) is 2.50. The lowest BCUT2D eigenvalue weighted by Gasteiger charge is -2.20. The lowest BCUT2D eigenvalue weighted by Crippen LogP contribution is -2.27. The highest BCUT2D eigenvalue weighted by atomic mass is 15.1. The van der Waals surface area contributed by atoms with Gasteiger partial charge in [-0.2, -0.15) is 0 Å². The molecule has 0 saturated carbocycles. The van der Waals surface area contributed by atoms with Crippen LogP contribution in [-0.2, 0) is 0 Å². The molecule has 0 aliphatic heterocycles. The first-order valence-electron chi connectivity index (χ1n) is 6.67. The SMILES string of the molecule is Cc1cc(NCCCCN(C)C(C)C)ncc1N. The second-order valence-corrected chi connectivity index (χ2v) is 5.13. The minimum Gasteiger partial charge on any atom is -0.397 e. The van der Waals surface area contributed by atoms with Crippen molar-refractivity contribution < 1.29 is 0 Å². The fourth-order valence-electron chi connectivity index (χ4n) is 1.62. The molecule has 0 atom stereocenters. The molecule has 0 bridgehead atoms. The molecule has 0 spiro atoms. The lowest BCUT2D eigenvalue weighted by molar-refractivity contribution is 0.269.